The summed E-state index contributed by atoms with van der Waals surface area (Å²) in [5, 5.41) is 5.73. The van der Waals surface area contributed by atoms with Crippen LogP contribution in [-0.2, 0) is 21.4 Å². The molecule has 1 atom stereocenters. The van der Waals surface area contributed by atoms with Crippen molar-refractivity contribution in [3.8, 4) is 16.9 Å². The summed E-state index contributed by atoms with van der Waals surface area (Å²) in [6.45, 7) is 5.18. The molecule has 7 nitrogen and oxygen atoms in total. The van der Waals surface area contributed by atoms with Crippen molar-refractivity contribution in [3.05, 3.63) is 47.9 Å². The fraction of sp³-hybridized carbons (Fsp3) is 0.409. The zero-order chi connectivity index (χ0) is 22.8. The van der Waals surface area contributed by atoms with Gasteiger partial charge in [0.25, 0.3) is 0 Å². The lowest BCUT2D eigenvalue weighted by Gasteiger charge is -2.17. The van der Waals surface area contributed by atoms with E-state index in [2.05, 4.69) is 0 Å². The van der Waals surface area contributed by atoms with Crippen LogP contribution >= 0.6 is 0 Å². The highest BCUT2D eigenvalue weighted by Gasteiger charge is 2.20. The number of fused-ring (bicyclic) bond motifs is 1. The standard InChI is InChI=1S/C22H28FN3O4S/c1-6-22(29-7-2)26-20-11-8-15(12-18(20)19(24-26)14-25(3)4)17-10-9-16(23)13-21(17)30-31(5,27)28/h8-13,22H,6-7,14H2,1-5H3. The predicted molar refractivity (Wildman–Crippen MR) is 119 cm³/mol. The number of hydrogen-bond donors (Lipinski definition) is 0. The number of aromatic nitrogens is 2. The van der Waals surface area contributed by atoms with Gasteiger partial charge in [-0.05, 0) is 57.3 Å². The smallest absolute Gasteiger partial charge is 0.306 e. The van der Waals surface area contributed by atoms with Crippen molar-refractivity contribution in [3.63, 3.8) is 0 Å². The van der Waals surface area contributed by atoms with Gasteiger partial charge in [-0.3, -0.25) is 0 Å². The third kappa shape index (κ3) is 5.41. The van der Waals surface area contributed by atoms with E-state index < -0.39 is 15.9 Å². The summed E-state index contributed by atoms with van der Waals surface area (Å²) in [4.78, 5) is 2.02. The number of halogens is 1. The molecular formula is C22H28FN3O4S. The SMILES string of the molecule is CCOC(CC)n1nc(CN(C)C)c2cc(-c3ccc(F)cc3OS(C)(=O)=O)ccc21. The van der Waals surface area contributed by atoms with Gasteiger partial charge in [0, 0.05) is 30.2 Å². The molecule has 3 rings (SSSR count). The second-order valence-corrected chi connectivity index (χ2v) is 9.18. The highest BCUT2D eigenvalue weighted by atomic mass is 32.2. The molecule has 1 heterocycles. The molecule has 31 heavy (non-hydrogen) atoms. The molecule has 0 radical (unpaired) electrons. The molecule has 0 aliphatic heterocycles. The van der Waals surface area contributed by atoms with Gasteiger partial charge < -0.3 is 13.8 Å². The summed E-state index contributed by atoms with van der Waals surface area (Å²) < 4.78 is 50.0. The second-order valence-electron chi connectivity index (χ2n) is 7.61. The normalized spacial score (nSPS) is 13.1. The van der Waals surface area contributed by atoms with Gasteiger partial charge in [-0.1, -0.05) is 13.0 Å². The Balaban J connectivity index is 2.19. The molecule has 9 heteroatoms. The molecule has 0 amide bonds. The van der Waals surface area contributed by atoms with Gasteiger partial charge in [0.2, 0.25) is 0 Å². The molecule has 0 fully saturated rings. The van der Waals surface area contributed by atoms with E-state index in [1.165, 1.54) is 12.1 Å². The molecule has 0 bridgehead atoms. The van der Waals surface area contributed by atoms with E-state index in [4.69, 9.17) is 14.0 Å². The van der Waals surface area contributed by atoms with Crippen LogP contribution < -0.4 is 4.18 Å². The number of benzene rings is 2. The molecule has 0 saturated heterocycles. The first-order valence-corrected chi connectivity index (χ1v) is 11.9. The summed E-state index contributed by atoms with van der Waals surface area (Å²) in [5.41, 5.74) is 2.96. The van der Waals surface area contributed by atoms with Crippen molar-refractivity contribution < 1.29 is 21.7 Å². The maximum absolute atomic E-state index is 13.8. The lowest BCUT2D eigenvalue weighted by molar-refractivity contribution is 0.00179. The van der Waals surface area contributed by atoms with E-state index in [0.29, 0.717) is 24.3 Å². The molecule has 3 aromatic rings. The molecule has 2 aromatic carbocycles. The van der Waals surface area contributed by atoms with E-state index in [1.807, 2.05) is 55.7 Å². The highest BCUT2D eigenvalue weighted by Crippen LogP contribution is 2.35. The lowest BCUT2D eigenvalue weighted by atomic mass is 10.0. The van der Waals surface area contributed by atoms with Gasteiger partial charge in [-0.15, -0.1) is 0 Å². The van der Waals surface area contributed by atoms with Crippen molar-refractivity contribution in [2.24, 2.45) is 0 Å². The number of hydrogen-bond acceptors (Lipinski definition) is 6. The van der Waals surface area contributed by atoms with Gasteiger partial charge in [0.15, 0.2) is 12.0 Å². The Labute approximate surface area is 182 Å². The van der Waals surface area contributed by atoms with Gasteiger partial charge in [0.05, 0.1) is 17.5 Å². The third-order valence-electron chi connectivity index (χ3n) is 4.73. The average molecular weight is 450 g/mol. The van der Waals surface area contributed by atoms with Crippen LogP contribution in [0.2, 0.25) is 0 Å². The Morgan fingerprint density at radius 2 is 1.90 bits per heavy atom. The summed E-state index contributed by atoms with van der Waals surface area (Å²) in [5.74, 6) is -0.628. The van der Waals surface area contributed by atoms with E-state index in [9.17, 15) is 12.8 Å². The monoisotopic (exact) mass is 449 g/mol. The highest BCUT2D eigenvalue weighted by molar-refractivity contribution is 7.86. The Hall–Kier alpha value is -2.49. The molecule has 0 aliphatic rings. The van der Waals surface area contributed by atoms with Gasteiger partial charge in [-0.2, -0.15) is 13.5 Å². The van der Waals surface area contributed by atoms with Gasteiger partial charge >= 0.3 is 10.1 Å². The predicted octanol–water partition coefficient (Wildman–Crippen LogP) is 4.19. The Morgan fingerprint density at radius 1 is 1.16 bits per heavy atom. The molecule has 168 valence electrons. The maximum atomic E-state index is 13.8. The summed E-state index contributed by atoms with van der Waals surface area (Å²) in [6, 6.07) is 9.57. The first-order chi connectivity index (χ1) is 14.6. The Morgan fingerprint density at radius 3 is 2.52 bits per heavy atom. The first-order valence-electron chi connectivity index (χ1n) is 10.1. The minimum atomic E-state index is -3.81. The Bertz CT molecular complexity index is 1170. The van der Waals surface area contributed by atoms with E-state index in [0.717, 1.165) is 35.3 Å². The van der Waals surface area contributed by atoms with Crippen LogP contribution in [0.1, 0.15) is 32.2 Å². The summed E-state index contributed by atoms with van der Waals surface area (Å²) >= 11 is 0. The van der Waals surface area contributed by atoms with Crippen LogP contribution in [0.25, 0.3) is 22.0 Å². The van der Waals surface area contributed by atoms with Crippen molar-refractivity contribution >= 4 is 21.0 Å². The topological polar surface area (TPSA) is 73.7 Å². The molecule has 0 spiro atoms. The zero-order valence-electron chi connectivity index (χ0n) is 18.4. The van der Waals surface area contributed by atoms with Crippen molar-refractivity contribution in [1.29, 1.82) is 0 Å². The average Bonchev–Trinajstić information content (AvgIpc) is 3.02. The summed E-state index contributed by atoms with van der Waals surface area (Å²) in [6.07, 6.45) is 1.50. The maximum Gasteiger partial charge on any atom is 0.306 e. The van der Waals surface area contributed by atoms with Gasteiger partial charge in [-0.25, -0.2) is 9.07 Å². The molecule has 0 aliphatic carbocycles. The number of ether oxygens (including phenoxy) is 1. The van der Waals surface area contributed by atoms with Crippen LogP contribution in [0.5, 0.6) is 5.75 Å². The largest absolute Gasteiger partial charge is 0.382 e. The quantitative estimate of drug-likeness (QED) is 0.456. The first kappa shape index (κ1) is 23.2. The minimum Gasteiger partial charge on any atom is -0.382 e. The van der Waals surface area contributed by atoms with Crippen LogP contribution in [0, 0.1) is 5.82 Å². The number of rotatable bonds is 9. The van der Waals surface area contributed by atoms with Crippen molar-refractivity contribution in [2.75, 3.05) is 27.0 Å². The zero-order valence-corrected chi connectivity index (χ0v) is 19.2. The van der Waals surface area contributed by atoms with Crippen molar-refractivity contribution in [2.45, 2.75) is 33.0 Å². The fourth-order valence-electron chi connectivity index (χ4n) is 3.53. The molecule has 1 aromatic heterocycles. The molecule has 1 unspecified atom stereocenters. The second kappa shape index (κ2) is 9.33. The van der Waals surface area contributed by atoms with E-state index in [-0.39, 0.29) is 12.0 Å². The third-order valence-corrected chi connectivity index (χ3v) is 5.21. The van der Waals surface area contributed by atoms with E-state index in [1.54, 1.807) is 0 Å². The van der Waals surface area contributed by atoms with Crippen LogP contribution in [0.15, 0.2) is 36.4 Å². The Kier molecular flexibility index (Phi) is 6.98. The fourth-order valence-corrected chi connectivity index (χ4v) is 3.99. The molecule has 0 saturated carbocycles. The molecule has 0 N–H and O–H groups in total. The lowest BCUT2D eigenvalue weighted by Crippen LogP contribution is -2.15. The van der Waals surface area contributed by atoms with E-state index >= 15 is 0 Å². The minimum absolute atomic E-state index is 0.0517. The van der Waals surface area contributed by atoms with Crippen LogP contribution in [0.3, 0.4) is 0 Å². The van der Waals surface area contributed by atoms with Crippen molar-refractivity contribution in [1.82, 2.24) is 14.7 Å². The van der Waals surface area contributed by atoms with Crippen LogP contribution in [-0.4, -0.2) is 50.1 Å². The number of nitrogens with zero attached hydrogens (tertiary/aromatic N) is 3. The van der Waals surface area contributed by atoms with Crippen LogP contribution in [0.4, 0.5) is 4.39 Å². The van der Waals surface area contributed by atoms with Gasteiger partial charge in [0.1, 0.15) is 5.82 Å². The summed E-state index contributed by atoms with van der Waals surface area (Å²) in [7, 11) is 0.116. The molecular weight excluding hydrogens is 421 g/mol.